The van der Waals surface area contributed by atoms with E-state index in [0.717, 1.165) is 33.6 Å². The van der Waals surface area contributed by atoms with E-state index >= 15 is 0 Å². The van der Waals surface area contributed by atoms with Gasteiger partial charge in [0.2, 0.25) is 5.95 Å². The molecule has 1 aliphatic rings. The average molecular weight is 532 g/mol. The molecule has 0 radical (unpaired) electrons. The van der Waals surface area contributed by atoms with Crippen LogP contribution >= 0.6 is 11.3 Å². The molecule has 0 amide bonds. The summed E-state index contributed by atoms with van der Waals surface area (Å²) in [5.41, 5.74) is -0.944. The Morgan fingerprint density at radius 1 is 1.24 bits per heavy atom. The molecule has 0 bridgehead atoms. The van der Waals surface area contributed by atoms with Crippen molar-refractivity contribution < 1.29 is 28.2 Å². The smallest absolute Gasteiger partial charge is 0.433 e. The van der Waals surface area contributed by atoms with Crippen molar-refractivity contribution in [2.24, 2.45) is 11.3 Å². The van der Waals surface area contributed by atoms with Gasteiger partial charge in [0.15, 0.2) is 0 Å². The average Bonchev–Trinajstić information content (AvgIpc) is 3.47. The standard InChI is InChI=1S/C25H24F3N5O3S/c1-23(2)12-24(36,6-3-16(23)20(34)35)21-31-11-18(37-21)15-9-13(10-17-14(15)4-7-29-17)32-22-30-8-5-19(33-22)25(26,27)28/h4-5,7-11,16,29,36H,3,6,12H2,1-2H3,(H,34,35)(H,30,32,33)/t16-,24-/m0/s1. The van der Waals surface area contributed by atoms with Crippen LogP contribution in [0.2, 0.25) is 0 Å². The van der Waals surface area contributed by atoms with E-state index in [2.05, 4.69) is 25.3 Å². The fourth-order valence-electron chi connectivity index (χ4n) is 5.14. The Bertz CT molecular complexity index is 1480. The van der Waals surface area contributed by atoms with Crippen LogP contribution in [0.15, 0.2) is 42.9 Å². The largest absolute Gasteiger partial charge is 0.481 e. The number of nitrogens with one attached hydrogen (secondary N) is 2. The van der Waals surface area contributed by atoms with Gasteiger partial charge in [-0.05, 0) is 48.9 Å². The summed E-state index contributed by atoms with van der Waals surface area (Å²) >= 11 is 1.31. The number of aliphatic hydroxyl groups is 1. The summed E-state index contributed by atoms with van der Waals surface area (Å²) in [6, 6.07) is 6.20. The highest BCUT2D eigenvalue weighted by molar-refractivity contribution is 7.15. The topological polar surface area (TPSA) is 124 Å². The number of thiazole rings is 1. The minimum atomic E-state index is -4.59. The van der Waals surface area contributed by atoms with E-state index in [4.69, 9.17) is 0 Å². The van der Waals surface area contributed by atoms with Crippen LogP contribution in [0.4, 0.5) is 24.8 Å². The van der Waals surface area contributed by atoms with E-state index in [9.17, 15) is 28.2 Å². The van der Waals surface area contributed by atoms with Crippen molar-refractivity contribution >= 4 is 39.8 Å². The first-order valence-electron chi connectivity index (χ1n) is 11.6. The molecule has 1 aromatic carbocycles. The molecule has 5 rings (SSSR count). The summed E-state index contributed by atoms with van der Waals surface area (Å²) in [5, 5.41) is 25.3. The Balaban J connectivity index is 1.48. The maximum Gasteiger partial charge on any atom is 0.433 e. The quantitative estimate of drug-likeness (QED) is 0.251. The maximum atomic E-state index is 13.1. The number of aromatic nitrogens is 4. The maximum absolute atomic E-state index is 13.1. The molecule has 0 unspecified atom stereocenters. The van der Waals surface area contributed by atoms with Crippen LogP contribution in [0, 0.1) is 11.3 Å². The van der Waals surface area contributed by atoms with Gasteiger partial charge in [-0.2, -0.15) is 13.2 Å². The van der Waals surface area contributed by atoms with Crippen LogP contribution in [0.25, 0.3) is 21.3 Å². The number of hydrogen-bond donors (Lipinski definition) is 4. The third kappa shape index (κ3) is 4.78. The van der Waals surface area contributed by atoms with Gasteiger partial charge in [0.05, 0.1) is 10.8 Å². The van der Waals surface area contributed by atoms with Crippen molar-refractivity contribution in [2.45, 2.75) is 44.9 Å². The van der Waals surface area contributed by atoms with Gasteiger partial charge in [0, 0.05) is 40.7 Å². The lowest BCUT2D eigenvalue weighted by Crippen LogP contribution is -2.44. The molecule has 1 fully saturated rings. The zero-order chi connectivity index (χ0) is 26.6. The second kappa shape index (κ2) is 8.80. The SMILES string of the molecule is CC1(C)C[C@](O)(c2ncc(-c3cc(Nc4nccc(C(F)(F)F)n4)cc4[nH]ccc34)s2)CC[C@H]1C(=O)O. The highest BCUT2D eigenvalue weighted by atomic mass is 32.1. The van der Waals surface area contributed by atoms with Crippen LogP contribution in [0.5, 0.6) is 0 Å². The van der Waals surface area contributed by atoms with Gasteiger partial charge in [0.1, 0.15) is 16.3 Å². The number of carbonyl (C=O) groups is 1. The van der Waals surface area contributed by atoms with Crippen molar-refractivity contribution in [3.8, 4) is 10.4 Å². The molecular weight excluding hydrogens is 507 g/mol. The lowest BCUT2D eigenvalue weighted by Gasteiger charge is -2.44. The van der Waals surface area contributed by atoms with E-state index < -0.39 is 34.8 Å². The number of benzene rings is 1. The zero-order valence-electron chi connectivity index (χ0n) is 19.9. The van der Waals surface area contributed by atoms with Crippen LogP contribution in [-0.4, -0.2) is 36.1 Å². The number of aliphatic carboxylic acids is 1. The summed E-state index contributed by atoms with van der Waals surface area (Å²) < 4.78 is 39.2. The molecular formula is C25H24F3N5O3S. The van der Waals surface area contributed by atoms with Gasteiger partial charge in [0.25, 0.3) is 0 Å². The molecule has 0 aliphatic heterocycles. The van der Waals surface area contributed by atoms with E-state index in [1.807, 2.05) is 19.9 Å². The lowest BCUT2D eigenvalue weighted by atomic mass is 9.63. The molecule has 3 aromatic heterocycles. The minimum absolute atomic E-state index is 0.191. The Morgan fingerprint density at radius 3 is 2.73 bits per heavy atom. The molecule has 37 heavy (non-hydrogen) atoms. The second-order valence-corrected chi connectivity index (χ2v) is 11.0. The minimum Gasteiger partial charge on any atom is -0.481 e. The highest BCUT2D eigenvalue weighted by Gasteiger charge is 2.49. The third-order valence-corrected chi connectivity index (χ3v) is 8.10. The molecule has 1 saturated carbocycles. The van der Waals surface area contributed by atoms with E-state index in [1.54, 1.807) is 24.5 Å². The Kier molecular flexibility index (Phi) is 5.99. The number of carboxylic acid groups (broad SMARTS) is 1. The van der Waals surface area contributed by atoms with Gasteiger partial charge in [-0.25, -0.2) is 15.0 Å². The molecule has 194 valence electrons. The Hall–Kier alpha value is -3.51. The van der Waals surface area contributed by atoms with Crippen molar-refractivity contribution in [3.05, 3.63) is 53.6 Å². The number of halogens is 3. The van der Waals surface area contributed by atoms with Gasteiger partial charge >= 0.3 is 12.1 Å². The summed E-state index contributed by atoms with van der Waals surface area (Å²) in [5.74, 6) is -1.60. The number of rotatable bonds is 5. The van der Waals surface area contributed by atoms with Crippen molar-refractivity contribution in [2.75, 3.05) is 5.32 Å². The van der Waals surface area contributed by atoms with Gasteiger partial charge in [-0.1, -0.05) is 13.8 Å². The number of carboxylic acids is 1. The number of aromatic amines is 1. The fourth-order valence-corrected chi connectivity index (χ4v) is 6.20. The molecule has 1 aliphatic carbocycles. The molecule has 2 atom stereocenters. The first-order chi connectivity index (χ1) is 17.4. The molecule has 8 nitrogen and oxygen atoms in total. The van der Waals surface area contributed by atoms with E-state index in [1.165, 1.54) is 11.3 Å². The van der Waals surface area contributed by atoms with Crippen LogP contribution in [0.1, 0.15) is 43.8 Å². The van der Waals surface area contributed by atoms with Crippen LogP contribution < -0.4 is 5.32 Å². The van der Waals surface area contributed by atoms with Gasteiger partial charge < -0.3 is 20.5 Å². The van der Waals surface area contributed by atoms with E-state index in [-0.39, 0.29) is 18.8 Å². The monoisotopic (exact) mass is 531 g/mol. The van der Waals surface area contributed by atoms with Gasteiger partial charge in [-0.15, -0.1) is 11.3 Å². The highest BCUT2D eigenvalue weighted by Crippen LogP contribution is 2.51. The summed E-state index contributed by atoms with van der Waals surface area (Å²) in [7, 11) is 0. The number of alkyl halides is 3. The fraction of sp³-hybridized carbons (Fsp3) is 0.360. The molecule has 12 heteroatoms. The first-order valence-corrected chi connectivity index (χ1v) is 12.4. The molecule has 4 aromatic rings. The van der Waals surface area contributed by atoms with Crippen LogP contribution in [-0.2, 0) is 16.6 Å². The lowest BCUT2D eigenvalue weighted by molar-refractivity contribution is -0.154. The molecule has 4 N–H and O–H groups in total. The Labute approximate surface area is 213 Å². The predicted octanol–water partition coefficient (Wildman–Crippen LogP) is 5.94. The van der Waals surface area contributed by atoms with Crippen molar-refractivity contribution in [1.29, 1.82) is 0 Å². The first kappa shape index (κ1) is 25.2. The number of nitrogens with zero attached hydrogens (tertiary/aromatic N) is 3. The Morgan fingerprint density at radius 2 is 2.03 bits per heavy atom. The number of anilines is 2. The summed E-state index contributed by atoms with van der Waals surface area (Å²) in [6.45, 7) is 3.69. The number of H-pyrrole nitrogens is 1. The van der Waals surface area contributed by atoms with Crippen molar-refractivity contribution in [3.63, 3.8) is 0 Å². The van der Waals surface area contributed by atoms with Crippen LogP contribution in [0.3, 0.4) is 0 Å². The molecule has 0 spiro atoms. The predicted molar refractivity (Wildman–Crippen MR) is 132 cm³/mol. The van der Waals surface area contributed by atoms with E-state index in [0.29, 0.717) is 17.1 Å². The number of fused-ring (bicyclic) bond motifs is 1. The zero-order valence-corrected chi connectivity index (χ0v) is 20.7. The second-order valence-electron chi connectivity index (χ2n) is 10.0. The van der Waals surface area contributed by atoms with Crippen molar-refractivity contribution in [1.82, 2.24) is 19.9 Å². The third-order valence-electron chi connectivity index (χ3n) is 6.88. The molecule has 0 saturated heterocycles. The van der Waals surface area contributed by atoms with Gasteiger partial charge in [-0.3, -0.25) is 4.79 Å². The summed E-state index contributed by atoms with van der Waals surface area (Å²) in [4.78, 5) is 27.5. The normalized spacial score (nSPS) is 21.7. The molecule has 3 heterocycles. The number of hydrogen-bond acceptors (Lipinski definition) is 7. The summed E-state index contributed by atoms with van der Waals surface area (Å²) in [6.07, 6.45) is 0.747.